The first-order chi connectivity index (χ1) is 12.9. The molecule has 6 nitrogen and oxygen atoms in total. The highest BCUT2D eigenvalue weighted by Crippen LogP contribution is 2.35. The lowest BCUT2D eigenvalue weighted by molar-refractivity contribution is 0.670. The fraction of sp³-hybridized carbons (Fsp3) is 0.350. The van der Waals surface area contributed by atoms with Gasteiger partial charge in [-0.2, -0.15) is 0 Å². The van der Waals surface area contributed by atoms with E-state index in [-0.39, 0.29) is 22.5 Å². The lowest BCUT2D eigenvalue weighted by Crippen LogP contribution is -2.23. The van der Waals surface area contributed by atoms with Crippen LogP contribution in [0.1, 0.15) is 44.0 Å². The Morgan fingerprint density at radius 2 is 1.78 bits per heavy atom. The minimum atomic E-state index is 0.0764. The van der Waals surface area contributed by atoms with Crippen LogP contribution >= 0.6 is 11.6 Å². The molecule has 0 atom stereocenters. The Bertz CT molecular complexity index is 976. The number of halogens is 1. The van der Waals surface area contributed by atoms with Crippen LogP contribution in [0.15, 0.2) is 35.1 Å². The molecule has 4 N–H and O–H groups in total. The van der Waals surface area contributed by atoms with E-state index in [0.717, 1.165) is 36.5 Å². The van der Waals surface area contributed by atoms with Crippen molar-refractivity contribution < 1.29 is 0 Å². The fourth-order valence-corrected chi connectivity index (χ4v) is 3.45. The van der Waals surface area contributed by atoms with Crippen LogP contribution in [0.3, 0.4) is 0 Å². The van der Waals surface area contributed by atoms with E-state index in [1.165, 1.54) is 17.3 Å². The SMILES string of the molecule is CCc1cccc2cc(CC)n(C3CC3)c(=O)c12.Nc1cc(N)nc(Cl)n1. The molecule has 0 bridgehead atoms. The molecule has 1 fully saturated rings. The first kappa shape index (κ1) is 19.2. The molecule has 142 valence electrons. The Labute approximate surface area is 163 Å². The predicted molar refractivity (Wildman–Crippen MR) is 111 cm³/mol. The predicted octanol–water partition coefficient (Wildman–Crippen LogP) is 3.76. The molecular weight excluding hydrogens is 362 g/mol. The molecule has 0 aliphatic heterocycles. The number of benzene rings is 1. The summed E-state index contributed by atoms with van der Waals surface area (Å²) < 4.78 is 2.04. The van der Waals surface area contributed by atoms with E-state index in [2.05, 4.69) is 48.1 Å². The second-order valence-electron chi connectivity index (χ2n) is 6.62. The molecule has 0 saturated heterocycles. The zero-order chi connectivity index (χ0) is 19.6. The second kappa shape index (κ2) is 7.96. The van der Waals surface area contributed by atoms with E-state index < -0.39 is 0 Å². The summed E-state index contributed by atoms with van der Waals surface area (Å²) >= 11 is 5.37. The molecule has 1 aromatic carbocycles. The lowest BCUT2D eigenvalue weighted by atomic mass is 10.0. The molecule has 2 heterocycles. The van der Waals surface area contributed by atoms with Gasteiger partial charge in [-0.1, -0.05) is 32.0 Å². The van der Waals surface area contributed by atoms with Crippen molar-refractivity contribution in [2.75, 3.05) is 11.5 Å². The fourth-order valence-electron chi connectivity index (χ4n) is 3.26. The Morgan fingerprint density at radius 1 is 1.11 bits per heavy atom. The summed E-state index contributed by atoms with van der Waals surface area (Å²) in [5.74, 6) is 0.569. The average molecular weight is 386 g/mol. The maximum atomic E-state index is 12.7. The molecule has 0 amide bonds. The highest BCUT2D eigenvalue weighted by atomic mass is 35.5. The lowest BCUT2D eigenvalue weighted by Gasteiger charge is -2.14. The normalized spacial score (nSPS) is 13.3. The first-order valence-corrected chi connectivity index (χ1v) is 9.53. The number of anilines is 2. The highest BCUT2D eigenvalue weighted by molar-refractivity contribution is 6.28. The number of aryl methyl sites for hydroxylation is 2. The van der Waals surface area contributed by atoms with Gasteiger partial charge in [-0.05, 0) is 54.3 Å². The molecule has 0 radical (unpaired) electrons. The summed E-state index contributed by atoms with van der Waals surface area (Å²) in [5, 5.41) is 2.12. The van der Waals surface area contributed by atoms with Crippen LogP contribution in [0.25, 0.3) is 10.8 Å². The Kier molecular flexibility index (Phi) is 5.65. The number of aromatic nitrogens is 3. The van der Waals surface area contributed by atoms with Gasteiger partial charge in [0.2, 0.25) is 5.28 Å². The number of nitrogen functional groups attached to an aromatic ring is 2. The third-order valence-corrected chi connectivity index (χ3v) is 4.81. The van der Waals surface area contributed by atoms with Gasteiger partial charge >= 0.3 is 0 Å². The van der Waals surface area contributed by atoms with Gasteiger partial charge in [-0.3, -0.25) is 4.79 Å². The molecule has 27 heavy (non-hydrogen) atoms. The summed E-state index contributed by atoms with van der Waals surface area (Å²) in [6, 6.07) is 10.3. The third kappa shape index (κ3) is 4.22. The standard InChI is InChI=1S/C16H19NO.C4H5ClN4/c1-3-11-6-5-7-12-10-13(4-2)17(14-8-9-14)16(18)15(11)12;5-4-8-2(6)1-3(7)9-4/h5-7,10,14H,3-4,8-9H2,1-2H3;1H,(H4,6,7,8,9). The first-order valence-electron chi connectivity index (χ1n) is 9.16. The van der Waals surface area contributed by atoms with Crippen LogP contribution in [0.2, 0.25) is 5.28 Å². The Balaban J connectivity index is 0.000000197. The van der Waals surface area contributed by atoms with Crippen LogP contribution in [0.4, 0.5) is 11.6 Å². The molecule has 4 rings (SSSR count). The topological polar surface area (TPSA) is 99.8 Å². The number of rotatable bonds is 3. The molecule has 0 spiro atoms. The summed E-state index contributed by atoms with van der Waals surface area (Å²) in [4.78, 5) is 19.9. The van der Waals surface area contributed by atoms with E-state index >= 15 is 0 Å². The van der Waals surface area contributed by atoms with Crippen molar-refractivity contribution in [2.24, 2.45) is 0 Å². The smallest absolute Gasteiger partial charge is 0.259 e. The molecule has 2 aromatic heterocycles. The van der Waals surface area contributed by atoms with Gasteiger partial charge in [-0.25, -0.2) is 9.97 Å². The van der Waals surface area contributed by atoms with E-state index in [1.54, 1.807) is 0 Å². The number of hydrogen-bond acceptors (Lipinski definition) is 5. The van der Waals surface area contributed by atoms with Crippen LogP contribution in [0.5, 0.6) is 0 Å². The van der Waals surface area contributed by atoms with E-state index in [9.17, 15) is 4.79 Å². The summed E-state index contributed by atoms with van der Waals surface area (Å²) in [6.07, 6.45) is 4.17. The van der Waals surface area contributed by atoms with Crippen LogP contribution in [-0.4, -0.2) is 14.5 Å². The minimum absolute atomic E-state index is 0.0764. The zero-order valence-corrected chi connectivity index (χ0v) is 16.3. The van der Waals surface area contributed by atoms with Gasteiger partial charge in [0.1, 0.15) is 11.6 Å². The largest absolute Gasteiger partial charge is 0.383 e. The number of nitrogens with two attached hydrogens (primary N) is 2. The number of fused-ring (bicyclic) bond motifs is 1. The van der Waals surface area contributed by atoms with Crippen molar-refractivity contribution in [3.05, 3.63) is 57.2 Å². The van der Waals surface area contributed by atoms with Gasteiger partial charge in [0.05, 0.1) is 5.39 Å². The van der Waals surface area contributed by atoms with Crippen LogP contribution in [-0.2, 0) is 12.8 Å². The van der Waals surface area contributed by atoms with Crippen LogP contribution in [0, 0.1) is 0 Å². The monoisotopic (exact) mass is 385 g/mol. The van der Waals surface area contributed by atoms with E-state index in [4.69, 9.17) is 23.1 Å². The molecular formula is C20H24ClN5O. The second-order valence-corrected chi connectivity index (χ2v) is 6.96. The van der Waals surface area contributed by atoms with Crippen molar-refractivity contribution in [3.8, 4) is 0 Å². The van der Waals surface area contributed by atoms with Crippen molar-refractivity contribution in [1.29, 1.82) is 0 Å². The zero-order valence-electron chi connectivity index (χ0n) is 15.6. The summed E-state index contributed by atoms with van der Waals surface area (Å²) in [6.45, 7) is 4.24. The van der Waals surface area contributed by atoms with E-state index in [1.807, 2.05) is 4.57 Å². The van der Waals surface area contributed by atoms with Crippen molar-refractivity contribution in [1.82, 2.24) is 14.5 Å². The number of nitrogens with zero attached hydrogens (tertiary/aromatic N) is 3. The van der Waals surface area contributed by atoms with Gasteiger partial charge in [-0.15, -0.1) is 0 Å². The van der Waals surface area contributed by atoms with Crippen molar-refractivity contribution in [2.45, 2.75) is 45.6 Å². The van der Waals surface area contributed by atoms with Gasteiger partial charge < -0.3 is 16.0 Å². The molecule has 0 unspecified atom stereocenters. The highest BCUT2D eigenvalue weighted by Gasteiger charge is 2.27. The Hall–Kier alpha value is -2.60. The minimum Gasteiger partial charge on any atom is -0.383 e. The third-order valence-electron chi connectivity index (χ3n) is 4.64. The van der Waals surface area contributed by atoms with Gasteiger partial charge in [0.15, 0.2) is 0 Å². The van der Waals surface area contributed by atoms with E-state index in [0.29, 0.717) is 6.04 Å². The quantitative estimate of drug-likeness (QED) is 0.668. The molecule has 1 saturated carbocycles. The molecule has 3 aromatic rings. The maximum Gasteiger partial charge on any atom is 0.259 e. The summed E-state index contributed by atoms with van der Waals surface area (Å²) in [5.41, 5.74) is 13.1. The molecule has 1 aliphatic carbocycles. The summed E-state index contributed by atoms with van der Waals surface area (Å²) in [7, 11) is 0. The molecule has 7 heteroatoms. The molecule has 1 aliphatic rings. The Morgan fingerprint density at radius 3 is 2.30 bits per heavy atom. The van der Waals surface area contributed by atoms with Gasteiger partial charge in [0.25, 0.3) is 5.56 Å². The number of pyridine rings is 1. The van der Waals surface area contributed by atoms with Crippen molar-refractivity contribution in [3.63, 3.8) is 0 Å². The number of hydrogen-bond donors (Lipinski definition) is 2. The van der Waals surface area contributed by atoms with Crippen LogP contribution < -0.4 is 17.0 Å². The van der Waals surface area contributed by atoms with Gasteiger partial charge in [0, 0.05) is 17.8 Å². The average Bonchev–Trinajstić information content (AvgIpc) is 3.45. The van der Waals surface area contributed by atoms with Crippen molar-refractivity contribution >= 4 is 34.0 Å². The maximum absolute atomic E-state index is 12.7.